The Labute approximate surface area is 121 Å². The van der Waals surface area contributed by atoms with Gasteiger partial charge in [-0.25, -0.2) is 0 Å². The molecule has 1 fully saturated rings. The van der Waals surface area contributed by atoms with Crippen LogP contribution in [0.3, 0.4) is 0 Å². The first-order valence-electron chi connectivity index (χ1n) is 7.71. The Hall–Kier alpha value is -1.58. The number of primary amides is 1. The summed E-state index contributed by atoms with van der Waals surface area (Å²) in [5.41, 5.74) is 6.96. The molecule has 1 aromatic heterocycles. The molecule has 0 aromatic carbocycles. The van der Waals surface area contributed by atoms with Gasteiger partial charge in [0.25, 0.3) is 5.91 Å². The van der Waals surface area contributed by atoms with Crippen LogP contribution >= 0.6 is 0 Å². The van der Waals surface area contributed by atoms with Crippen molar-refractivity contribution in [2.45, 2.75) is 45.4 Å². The smallest absolute Gasteiger partial charge is 0.252 e. The number of pyridine rings is 1. The predicted octanol–water partition coefficient (Wildman–Crippen LogP) is 2.98. The van der Waals surface area contributed by atoms with Gasteiger partial charge in [0.15, 0.2) is 0 Å². The molecule has 1 heterocycles. The van der Waals surface area contributed by atoms with Crippen molar-refractivity contribution in [1.82, 2.24) is 4.98 Å². The minimum absolute atomic E-state index is 0.391. The second-order valence-electron chi connectivity index (χ2n) is 5.71. The first-order valence-corrected chi connectivity index (χ1v) is 7.71. The summed E-state index contributed by atoms with van der Waals surface area (Å²) in [6.07, 6.45) is 11.0. The molecule has 4 nitrogen and oxygen atoms in total. The summed E-state index contributed by atoms with van der Waals surface area (Å²) in [5.74, 6) is 0.349. The zero-order valence-corrected chi connectivity index (χ0v) is 12.3. The van der Waals surface area contributed by atoms with E-state index < -0.39 is 5.91 Å². The SMILES string of the molecule is CCCN(CC1CCCCC1)c1ccncc1C(N)=O. The number of hydrogen-bond acceptors (Lipinski definition) is 3. The van der Waals surface area contributed by atoms with Crippen molar-refractivity contribution in [2.24, 2.45) is 11.7 Å². The number of aromatic nitrogens is 1. The van der Waals surface area contributed by atoms with Crippen LogP contribution in [0.2, 0.25) is 0 Å². The van der Waals surface area contributed by atoms with E-state index in [1.54, 1.807) is 12.4 Å². The summed E-state index contributed by atoms with van der Waals surface area (Å²) in [7, 11) is 0. The fourth-order valence-corrected chi connectivity index (χ4v) is 3.11. The van der Waals surface area contributed by atoms with Crippen LogP contribution < -0.4 is 10.6 Å². The van der Waals surface area contributed by atoms with Crippen molar-refractivity contribution in [1.29, 1.82) is 0 Å². The maximum Gasteiger partial charge on any atom is 0.252 e. The number of carbonyl (C=O) groups is 1. The highest BCUT2D eigenvalue weighted by Gasteiger charge is 2.20. The van der Waals surface area contributed by atoms with Gasteiger partial charge in [0.1, 0.15) is 0 Å². The first kappa shape index (κ1) is 14.8. The Morgan fingerprint density at radius 3 is 2.80 bits per heavy atom. The molecule has 0 aliphatic heterocycles. The lowest BCUT2D eigenvalue weighted by molar-refractivity contribution is 0.100. The van der Waals surface area contributed by atoms with Gasteiger partial charge in [-0.1, -0.05) is 26.2 Å². The van der Waals surface area contributed by atoms with E-state index in [2.05, 4.69) is 16.8 Å². The molecule has 1 saturated carbocycles. The average molecular weight is 275 g/mol. The molecule has 4 heteroatoms. The molecular weight excluding hydrogens is 250 g/mol. The lowest BCUT2D eigenvalue weighted by Gasteiger charge is -2.32. The van der Waals surface area contributed by atoms with E-state index in [1.807, 2.05) is 6.07 Å². The van der Waals surface area contributed by atoms with E-state index in [1.165, 1.54) is 32.1 Å². The van der Waals surface area contributed by atoms with Crippen LogP contribution in [0.25, 0.3) is 0 Å². The number of anilines is 1. The van der Waals surface area contributed by atoms with Gasteiger partial charge in [0.2, 0.25) is 0 Å². The number of amides is 1. The lowest BCUT2D eigenvalue weighted by atomic mass is 9.88. The highest BCUT2D eigenvalue weighted by Crippen LogP contribution is 2.27. The minimum atomic E-state index is -0.391. The van der Waals surface area contributed by atoms with Crippen LogP contribution in [-0.4, -0.2) is 24.0 Å². The van der Waals surface area contributed by atoms with Crippen LogP contribution in [0.5, 0.6) is 0 Å². The van der Waals surface area contributed by atoms with Gasteiger partial charge in [0.05, 0.1) is 11.3 Å². The van der Waals surface area contributed by atoms with Crippen molar-refractivity contribution in [2.75, 3.05) is 18.0 Å². The highest BCUT2D eigenvalue weighted by molar-refractivity contribution is 5.98. The van der Waals surface area contributed by atoms with Crippen LogP contribution in [0, 0.1) is 5.92 Å². The number of rotatable bonds is 6. The zero-order chi connectivity index (χ0) is 14.4. The summed E-state index contributed by atoms with van der Waals surface area (Å²) in [6, 6.07) is 1.92. The second-order valence-corrected chi connectivity index (χ2v) is 5.71. The monoisotopic (exact) mass is 275 g/mol. The predicted molar refractivity (Wildman–Crippen MR) is 81.8 cm³/mol. The second kappa shape index (κ2) is 7.27. The largest absolute Gasteiger partial charge is 0.371 e. The molecule has 1 amide bonds. The molecule has 0 bridgehead atoms. The molecule has 1 aromatic rings. The standard InChI is InChI=1S/C16H25N3O/c1-2-10-19(12-13-6-4-3-5-7-13)15-8-9-18-11-14(15)16(17)20/h8-9,11,13H,2-7,10,12H2,1H3,(H2,17,20). The number of nitrogens with two attached hydrogens (primary N) is 1. The molecule has 20 heavy (non-hydrogen) atoms. The minimum Gasteiger partial charge on any atom is -0.371 e. The van der Waals surface area contributed by atoms with E-state index in [9.17, 15) is 4.79 Å². The van der Waals surface area contributed by atoms with Crippen molar-refractivity contribution >= 4 is 11.6 Å². The summed E-state index contributed by atoms with van der Waals surface area (Å²) < 4.78 is 0. The fourth-order valence-electron chi connectivity index (χ4n) is 3.11. The van der Waals surface area contributed by atoms with Crippen molar-refractivity contribution < 1.29 is 4.79 Å². The normalized spacial score (nSPS) is 16.1. The third-order valence-electron chi connectivity index (χ3n) is 4.10. The van der Waals surface area contributed by atoms with Crippen LogP contribution in [0.1, 0.15) is 55.8 Å². The van der Waals surface area contributed by atoms with Gasteiger partial charge in [-0.3, -0.25) is 9.78 Å². The van der Waals surface area contributed by atoms with Gasteiger partial charge < -0.3 is 10.6 Å². The first-order chi connectivity index (χ1) is 9.72. The van der Waals surface area contributed by atoms with Crippen LogP contribution in [-0.2, 0) is 0 Å². The van der Waals surface area contributed by atoms with Gasteiger partial charge in [-0.15, -0.1) is 0 Å². The topological polar surface area (TPSA) is 59.2 Å². The van der Waals surface area contributed by atoms with Gasteiger partial charge in [0, 0.05) is 25.5 Å². The molecular formula is C16H25N3O. The van der Waals surface area contributed by atoms with Crippen molar-refractivity contribution in [3.63, 3.8) is 0 Å². The van der Waals surface area contributed by atoms with Gasteiger partial charge in [-0.2, -0.15) is 0 Å². The lowest BCUT2D eigenvalue weighted by Crippen LogP contribution is -2.33. The summed E-state index contributed by atoms with van der Waals surface area (Å²) in [5, 5.41) is 0. The Bertz CT molecular complexity index is 441. The van der Waals surface area contributed by atoms with Crippen LogP contribution in [0.15, 0.2) is 18.5 Å². The average Bonchev–Trinajstić information content (AvgIpc) is 2.48. The third kappa shape index (κ3) is 3.71. The van der Waals surface area contributed by atoms with Crippen molar-refractivity contribution in [3.05, 3.63) is 24.0 Å². The number of carbonyl (C=O) groups excluding carboxylic acids is 1. The Morgan fingerprint density at radius 2 is 2.15 bits per heavy atom. The molecule has 2 rings (SSSR count). The Morgan fingerprint density at radius 1 is 1.40 bits per heavy atom. The maximum atomic E-state index is 11.6. The van der Waals surface area contributed by atoms with Gasteiger partial charge >= 0.3 is 0 Å². The molecule has 0 radical (unpaired) electrons. The molecule has 0 unspecified atom stereocenters. The summed E-state index contributed by atoms with van der Waals surface area (Å²) >= 11 is 0. The molecule has 0 atom stereocenters. The molecule has 110 valence electrons. The van der Waals surface area contributed by atoms with E-state index >= 15 is 0 Å². The van der Waals surface area contributed by atoms with E-state index in [0.29, 0.717) is 5.56 Å². The Balaban J connectivity index is 2.16. The number of nitrogens with zero attached hydrogens (tertiary/aromatic N) is 2. The molecule has 1 aliphatic rings. The van der Waals surface area contributed by atoms with E-state index in [4.69, 9.17) is 5.73 Å². The Kier molecular flexibility index (Phi) is 5.39. The fraction of sp³-hybridized carbons (Fsp3) is 0.625. The molecule has 0 saturated heterocycles. The molecule has 0 spiro atoms. The zero-order valence-electron chi connectivity index (χ0n) is 12.3. The highest BCUT2D eigenvalue weighted by atomic mass is 16.1. The number of hydrogen-bond donors (Lipinski definition) is 1. The van der Waals surface area contributed by atoms with Crippen molar-refractivity contribution in [3.8, 4) is 0 Å². The third-order valence-corrected chi connectivity index (χ3v) is 4.10. The van der Waals surface area contributed by atoms with Crippen LogP contribution in [0.4, 0.5) is 5.69 Å². The molecule has 1 aliphatic carbocycles. The summed E-state index contributed by atoms with van der Waals surface area (Å²) in [6.45, 7) is 4.15. The van der Waals surface area contributed by atoms with E-state index in [-0.39, 0.29) is 0 Å². The summed E-state index contributed by atoms with van der Waals surface area (Å²) in [4.78, 5) is 17.9. The van der Waals surface area contributed by atoms with Gasteiger partial charge in [-0.05, 0) is 31.2 Å². The maximum absolute atomic E-state index is 11.6. The van der Waals surface area contributed by atoms with E-state index in [0.717, 1.165) is 31.1 Å². The quantitative estimate of drug-likeness (QED) is 0.868. The molecule has 2 N–H and O–H groups in total.